The second-order valence-corrected chi connectivity index (χ2v) is 4.48. The molecule has 0 unspecified atom stereocenters. The summed E-state index contributed by atoms with van der Waals surface area (Å²) in [5, 5.41) is 2.76. The lowest BCUT2D eigenvalue weighted by Crippen LogP contribution is -2.34. The van der Waals surface area contributed by atoms with Crippen LogP contribution in [0.5, 0.6) is 0 Å². The Morgan fingerprint density at radius 2 is 2.16 bits per heavy atom. The normalized spacial score (nSPS) is 15.8. The van der Waals surface area contributed by atoms with E-state index in [1.165, 1.54) is 0 Å². The molecular formula is C14H18N2O3. The highest BCUT2D eigenvalue weighted by molar-refractivity contribution is 5.96. The van der Waals surface area contributed by atoms with E-state index in [0.717, 1.165) is 5.56 Å². The summed E-state index contributed by atoms with van der Waals surface area (Å²) in [6.45, 7) is 1.93. The highest BCUT2D eigenvalue weighted by Gasteiger charge is 2.21. The number of hydrogen-bond acceptors (Lipinski definition) is 3. The van der Waals surface area contributed by atoms with Gasteiger partial charge >= 0.3 is 0 Å². The van der Waals surface area contributed by atoms with Crippen molar-refractivity contribution in [3.05, 3.63) is 35.4 Å². The Balaban J connectivity index is 2.16. The number of carbonyl (C=O) groups excluding carboxylic acids is 2. The molecule has 1 heterocycles. The van der Waals surface area contributed by atoms with Crippen molar-refractivity contribution >= 4 is 11.8 Å². The molecule has 0 saturated carbocycles. The van der Waals surface area contributed by atoms with Gasteiger partial charge in [-0.15, -0.1) is 0 Å². The SMILES string of the molecule is COCc1ccccc1C(=O)N1CCNC(=O)CC1. The molecule has 1 fully saturated rings. The fourth-order valence-corrected chi connectivity index (χ4v) is 2.15. The van der Waals surface area contributed by atoms with E-state index in [9.17, 15) is 9.59 Å². The van der Waals surface area contributed by atoms with Gasteiger partial charge in [-0.1, -0.05) is 18.2 Å². The number of ether oxygens (including phenoxy) is 1. The van der Waals surface area contributed by atoms with Gasteiger partial charge in [0.1, 0.15) is 0 Å². The average Bonchev–Trinajstić information content (AvgIpc) is 2.64. The maximum absolute atomic E-state index is 12.5. The van der Waals surface area contributed by atoms with Gasteiger partial charge in [0, 0.05) is 38.7 Å². The van der Waals surface area contributed by atoms with Crippen molar-refractivity contribution in [3.8, 4) is 0 Å². The van der Waals surface area contributed by atoms with Gasteiger partial charge in [-0.2, -0.15) is 0 Å². The van der Waals surface area contributed by atoms with Gasteiger partial charge in [-0.05, 0) is 11.6 Å². The zero-order valence-corrected chi connectivity index (χ0v) is 11.0. The molecule has 0 bridgehead atoms. The first-order valence-electron chi connectivity index (χ1n) is 6.35. The van der Waals surface area contributed by atoms with Crippen LogP contribution in [-0.4, -0.2) is 43.5 Å². The summed E-state index contributed by atoms with van der Waals surface area (Å²) in [6, 6.07) is 7.42. The van der Waals surface area contributed by atoms with Gasteiger partial charge < -0.3 is 15.0 Å². The Morgan fingerprint density at radius 1 is 1.37 bits per heavy atom. The smallest absolute Gasteiger partial charge is 0.254 e. The first kappa shape index (κ1) is 13.5. The maximum Gasteiger partial charge on any atom is 0.254 e. The third-order valence-corrected chi connectivity index (χ3v) is 3.15. The Labute approximate surface area is 112 Å². The highest BCUT2D eigenvalue weighted by Crippen LogP contribution is 2.13. The lowest BCUT2D eigenvalue weighted by molar-refractivity contribution is -0.120. The van der Waals surface area contributed by atoms with Crippen molar-refractivity contribution in [3.63, 3.8) is 0 Å². The summed E-state index contributed by atoms with van der Waals surface area (Å²) in [7, 11) is 1.61. The number of rotatable bonds is 3. The fraction of sp³-hybridized carbons (Fsp3) is 0.429. The molecule has 0 aliphatic carbocycles. The molecule has 19 heavy (non-hydrogen) atoms. The largest absolute Gasteiger partial charge is 0.380 e. The van der Waals surface area contributed by atoms with Crippen molar-refractivity contribution in [2.45, 2.75) is 13.0 Å². The molecule has 1 aliphatic rings. The number of methoxy groups -OCH3 is 1. The number of benzene rings is 1. The third-order valence-electron chi connectivity index (χ3n) is 3.15. The summed E-state index contributed by atoms with van der Waals surface area (Å²) < 4.78 is 5.11. The maximum atomic E-state index is 12.5. The first-order chi connectivity index (χ1) is 9.22. The predicted molar refractivity (Wildman–Crippen MR) is 70.7 cm³/mol. The number of amides is 2. The van der Waals surface area contributed by atoms with Crippen LogP contribution < -0.4 is 5.32 Å². The molecule has 1 aliphatic heterocycles. The summed E-state index contributed by atoms with van der Waals surface area (Å²) >= 11 is 0. The summed E-state index contributed by atoms with van der Waals surface area (Å²) in [4.78, 5) is 25.5. The second-order valence-electron chi connectivity index (χ2n) is 4.48. The van der Waals surface area contributed by atoms with Gasteiger partial charge in [0.15, 0.2) is 0 Å². The Bertz CT molecular complexity index is 474. The van der Waals surface area contributed by atoms with Crippen LogP contribution in [0.25, 0.3) is 0 Å². The molecule has 1 saturated heterocycles. The van der Waals surface area contributed by atoms with E-state index in [-0.39, 0.29) is 11.8 Å². The average molecular weight is 262 g/mol. The van der Waals surface area contributed by atoms with Gasteiger partial charge in [-0.3, -0.25) is 9.59 Å². The van der Waals surface area contributed by atoms with Crippen molar-refractivity contribution < 1.29 is 14.3 Å². The molecule has 5 nitrogen and oxygen atoms in total. The fourth-order valence-electron chi connectivity index (χ4n) is 2.15. The quantitative estimate of drug-likeness (QED) is 0.876. The Morgan fingerprint density at radius 3 is 2.95 bits per heavy atom. The Hall–Kier alpha value is -1.88. The molecule has 2 amide bonds. The molecule has 0 atom stereocenters. The minimum Gasteiger partial charge on any atom is -0.380 e. The molecule has 5 heteroatoms. The number of carbonyl (C=O) groups is 2. The molecule has 2 rings (SSSR count). The summed E-state index contributed by atoms with van der Waals surface area (Å²) in [6.07, 6.45) is 0.359. The molecule has 1 aromatic carbocycles. The van der Waals surface area contributed by atoms with E-state index >= 15 is 0 Å². The zero-order chi connectivity index (χ0) is 13.7. The standard InChI is InChI=1S/C14H18N2O3/c1-19-10-11-4-2-3-5-12(11)14(18)16-8-6-13(17)15-7-9-16/h2-5H,6-10H2,1H3,(H,15,17). The van der Waals surface area contributed by atoms with Crippen LogP contribution in [0.4, 0.5) is 0 Å². The summed E-state index contributed by atoms with van der Waals surface area (Å²) in [5.41, 5.74) is 1.53. The lowest BCUT2D eigenvalue weighted by Gasteiger charge is -2.21. The van der Waals surface area contributed by atoms with Crippen LogP contribution in [-0.2, 0) is 16.1 Å². The van der Waals surface area contributed by atoms with Crippen LogP contribution in [0.15, 0.2) is 24.3 Å². The molecular weight excluding hydrogens is 244 g/mol. The number of hydrogen-bond donors (Lipinski definition) is 1. The number of nitrogens with zero attached hydrogens (tertiary/aromatic N) is 1. The number of nitrogens with one attached hydrogen (secondary N) is 1. The molecule has 1 aromatic rings. The van der Waals surface area contributed by atoms with E-state index in [1.54, 1.807) is 18.1 Å². The van der Waals surface area contributed by atoms with Gasteiger partial charge in [0.05, 0.1) is 6.61 Å². The minimum absolute atomic E-state index is 0.000441. The van der Waals surface area contributed by atoms with E-state index in [2.05, 4.69) is 5.32 Å². The molecule has 0 radical (unpaired) electrons. The van der Waals surface area contributed by atoms with E-state index < -0.39 is 0 Å². The summed E-state index contributed by atoms with van der Waals surface area (Å²) in [5.74, 6) is -0.0374. The van der Waals surface area contributed by atoms with Crippen molar-refractivity contribution in [2.24, 2.45) is 0 Å². The second kappa shape index (κ2) is 6.33. The van der Waals surface area contributed by atoms with Crippen LogP contribution in [0.1, 0.15) is 22.3 Å². The van der Waals surface area contributed by atoms with Gasteiger partial charge in [0.25, 0.3) is 5.91 Å². The van der Waals surface area contributed by atoms with Crippen LogP contribution in [0.2, 0.25) is 0 Å². The molecule has 0 aromatic heterocycles. The van der Waals surface area contributed by atoms with Crippen molar-refractivity contribution in [2.75, 3.05) is 26.7 Å². The molecule has 1 N–H and O–H groups in total. The molecule has 102 valence electrons. The van der Waals surface area contributed by atoms with Gasteiger partial charge in [-0.25, -0.2) is 0 Å². The third kappa shape index (κ3) is 3.32. The van der Waals surface area contributed by atoms with Crippen LogP contribution in [0, 0.1) is 0 Å². The topological polar surface area (TPSA) is 58.6 Å². The van der Waals surface area contributed by atoms with Crippen LogP contribution >= 0.6 is 0 Å². The molecule has 0 spiro atoms. The lowest BCUT2D eigenvalue weighted by atomic mass is 10.1. The predicted octanol–water partition coefficient (Wildman–Crippen LogP) is 0.795. The Kier molecular flexibility index (Phi) is 4.52. The van der Waals surface area contributed by atoms with Crippen molar-refractivity contribution in [1.82, 2.24) is 10.2 Å². The highest BCUT2D eigenvalue weighted by atomic mass is 16.5. The van der Waals surface area contributed by atoms with Gasteiger partial charge in [0.2, 0.25) is 5.91 Å². The van der Waals surface area contributed by atoms with Crippen LogP contribution in [0.3, 0.4) is 0 Å². The first-order valence-corrected chi connectivity index (χ1v) is 6.35. The zero-order valence-electron chi connectivity index (χ0n) is 11.0. The van der Waals surface area contributed by atoms with E-state index in [1.807, 2.05) is 18.2 Å². The van der Waals surface area contributed by atoms with E-state index in [4.69, 9.17) is 4.74 Å². The monoisotopic (exact) mass is 262 g/mol. The minimum atomic E-state index is -0.0378. The van der Waals surface area contributed by atoms with Crippen molar-refractivity contribution in [1.29, 1.82) is 0 Å². The van der Waals surface area contributed by atoms with E-state index in [0.29, 0.717) is 38.2 Å².